The van der Waals surface area contributed by atoms with Gasteiger partial charge in [0, 0.05) is 22.3 Å². The number of rotatable bonds is 5. The van der Waals surface area contributed by atoms with Gasteiger partial charge in [0.25, 0.3) is 0 Å². The number of anilines is 2. The second kappa shape index (κ2) is 8.70. The minimum atomic E-state index is -1.01. The van der Waals surface area contributed by atoms with Crippen molar-refractivity contribution < 1.29 is 19.4 Å². The molecule has 8 heteroatoms. The average Bonchev–Trinajstić information content (AvgIpc) is 2.62. The van der Waals surface area contributed by atoms with Gasteiger partial charge in [0.15, 0.2) is 0 Å². The van der Waals surface area contributed by atoms with E-state index in [2.05, 4.69) is 10.3 Å². The SMILES string of the molecule is CCOC(=O)c1cnc2cc(Cl)ccc2c1Nc1ccc(C(=O)O)cc1.Cl. The lowest BCUT2D eigenvalue weighted by Gasteiger charge is -2.14. The molecule has 0 aliphatic heterocycles. The van der Waals surface area contributed by atoms with Gasteiger partial charge < -0.3 is 15.2 Å². The molecule has 1 aromatic heterocycles. The average molecular weight is 407 g/mol. The normalized spacial score (nSPS) is 10.1. The zero-order valence-corrected chi connectivity index (χ0v) is 15.8. The molecule has 0 radical (unpaired) electrons. The third-order valence-electron chi connectivity index (χ3n) is 3.73. The third-order valence-corrected chi connectivity index (χ3v) is 3.96. The Morgan fingerprint density at radius 2 is 1.89 bits per heavy atom. The number of carboxylic acid groups (broad SMARTS) is 1. The minimum Gasteiger partial charge on any atom is -0.478 e. The van der Waals surface area contributed by atoms with Crippen LogP contribution in [-0.2, 0) is 4.74 Å². The van der Waals surface area contributed by atoms with Crippen molar-refractivity contribution in [3.63, 3.8) is 0 Å². The number of nitrogens with one attached hydrogen (secondary N) is 1. The van der Waals surface area contributed by atoms with Crippen LogP contribution in [0.3, 0.4) is 0 Å². The largest absolute Gasteiger partial charge is 0.478 e. The van der Waals surface area contributed by atoms with Crippen molar-refractivity contribution in [2.45, 2.75) is 6.92 Å². The number of hydrogen-bond donors (Lipinski definition) is 2. The summed E-state index contributed by atoms with van der Waals surface area (Å²) < 4.78 is 5.11. The molecule has 0 fully saturated rings. The first-order valence-electron chi connectivity index (χ1n) is 7.85. The van der Waals surface area contributed by atoms with Crippen LogP contribution < -0.4 is 5.32 Å². The number of halogens is 2. The molecule has 0 saturated heterocycles. The maximum Gasteiger partial charge on any atom is 0.341 e. The van der Waals surface area contributed by atoms with E-state index in [1.165, 1.54) is 18.3 Å². The summed E-state index contributed by atoms with van der Waals surface area (Å²) in [5.41, 5.74) is 2.22. The maximum atomic E-state index is 12.3. The Hall–Kier alpha value is -2.83. The van der Waals surface area contributed by atoms with Crippen LogP contribution in [0.4, 0.5) is 11.4 Å². The summed E-state index contributed by atoms with van der Waals surface area (Å²) in [5, 5.41) is 13.4. The summed E-state index contributed by atoms with van der Waals surface area (Å²) in [5.74, 6) is -1.51. The molecule has 0 atom stereocenters. The van der Waals surface area contributed by atoms with Crippen LogP contribution in [0.25, 0.3) is 10.9 Å². The van der Waals surface area contributed by atoms with Crippen LogP contribution in [0.5, 0.6) is 0 Å². The highest BCUT2D eigenvalue weighted by Crippen LogP contribution is 2.31. The molecular weight excluding hydrogens is 391 g/mol. The Balaban J connectivity index is 0.00000261. The Morgan fingerprint density at radius 3 is 2.52 bits per heavy atom. The van der Waals surface area contributed by atoms with Crippen molar-refractivity contribution in [1.29, 1.82) is 0 Å². The van der Waals surface area contributed by atoms with Crippen molar-refractivity contribution in [2.24, 2.45) is 0 Å². The van der Waals surface area contributed by atoms with Gasteiger partial charge >= 0.3 is 11.9 Å². The van der Waals surface area contributed by atoms with E-state index in [9.17, 15) is 9.59 Å². The van der Waals surface area contributed by atoms with Crippen LogP contribution in [0.15, 0.2) is 48.7 Å². The molecule has 2 aromatic carbocycles. The monoisotopic (exact) mass is 406 g/mol. The minimum absolute atomic E-state index is 0. The molecule has 27 heavy (non-hydrogen) atoms. The quantitative estimate of drug-likeness (QED) is 0.584. The van der Waals surface area contributed by atoms with Crippen molar-refractivity contribution in [3.8, 4) is 0 Å². The molecule has 1 heterocycles. The fraction of sp³-hybridized carbons (Fsp3) is 0.105. The van der Waals surface area contributed by atoms with Crippen molar-refractivity contribution in [2.75, 3.05) is 11.9 Å². The number of hydrogen-bond acceptors (Lipinski definition) is 5. The van der Waals surface area contributed by atoms with Gasteiger partial charge in [-0.1, -0.05) is 11.6 Å². The van der Waals surface area contributed by atoms with Crippen LogP contribution in [0.1, 0.15) is 27.6 Å². The number of nitrogens with zero attached hydrogens (tertiary/aromatic N) is 1. The molecule has 0 saturated carbocycles. The smallest absolute Gasteiger partial charge is 0.341 e. The van der Waals surface area contributed by atoms with Gasteiger partial charge in [-0.15, -0.1) is 12.4 Å². The first-order valence-corrected chi connectivity index (χ1v) is 8.23. The summed E-state index contributed by atoms with van der Waals surface area (Å²) in [6.07, 6.45) is 1.44. The number of aromatic carboxylic acids is 1. The first-order chi connectivity index (χ1) is 12.5. The Kier molecular flexibility index (Phi) is 6.60. The van der Waals surface area contributed by atoms with Crippen LogP contribution in [0.2, 0.25) is 5.02 Å². The fourth-order valence-corrected chi connectivity index (χ4v) is 2.67. The molecule has 140 valence electrons. The zero-order chi connectivity index (χ0) is 18.7. The van der Waals surface area contributed by atoms with Gasteiger partial charge in [0.1, 0.15) is 5.56 Å². The Morgan fingerprint density at radius 1 is 1.19 bits per heavy atom. The number of esters is 1. The second-order valence-electron chi connectivity index (χ2n) is 5.44. The molecular formula is C19H16Cl2N2O4. The molecule has 0 bridgehead atoms. The number of fused-ring (bicyclic) bond motifs is 1. The number of benzene rings is 2. The van der Waals surface area contributed by atoms with E-state index in [1.807, 2.05) is 0 Å². The van der Waals surface area contributed by atoms with Gasteiger partial charge in [-0.25, -0.2) is 9.59 Å². The number of carbonyl (C=O) groups is 2. The summed E-state index contributed by atoms with van der Waals surface area (Å²) in [6.45, 7) is 1.97. The second-order valence-corrected chi connectivity index (χ2v) is 5.87. The highest BCUT2D eigenvalue weighted by atomic mass is 35.5. The van der Waals surface area contributed by atoms with Gasteiger partial charge in [0.2, 0.25) is 0 Å². The number of aromatic nitrogens is 1. The molecule has 0 spiro atoms. The number of pyridine rings is 1. The first kappa shape index (κ1) is 20.5. The van der Waals surface area contributed by atoms with Gasteiger partial charge in [-0.3, -0.25) is 4.98 Å². The molecule has 6 nitrogen and oxygen atoms in total. The Labute approximate surface area is 166 Å². The van der Waals surface area contributed by atoms with E-state index in [-0.39, 0.29) is 30.1 Å². The maximum absolute atomic E-state index is 12.3. The van der Waals surface area contributed by atoms with E-state index in [1.54, 1.807) is 37.3 Å². The van der Waals surface area contributed by atoms with Gasteiger partial charge in [-0.2, -0.15) is 0 Å². The summed E-state index contributed by atoms with van der Waals surface area (Å²) in [6, 6.07) is 11.4. The Bertz CT molecular complexity index is 991. The van der Waals surface area contributed by atoms with Crippen LogP contribution >= 0.6 is 24.0 Å². The molecule has 3 rings (SSSR count). The van der Waals surface area contributed by atoms with Crippen molar-refractivity contribution in [1.82, 2.24) is 4.98 Å². The predicted molar refractivity (Wildman–Crippen MR) is 107 cm³/mol. The van der Waals surface area contributed by atoms with Crippen molar-refractivity contribution in [3.05, 3.63) is 64.8 Å². The third kappa shape index (κ3) is 4.48. The predicted octanol–water partition coefficient (Wildman–Crippen LogP) is 4.93. The summed E-state index contributed by atoms with van der Waals surface area (Å²) in [4.78, 5) is 27.6. The highest BCUT2D eigenvalue weighted by Gasteiger charge is 2.17. The molecule has 0 unspecified atom stereocenters. The number of carboxylic acids is 1. The summed E-state index contributed by atoms with van der Waals surface area (Å²) in [7, 11) is 0. The molecule has 0 aliphatic rings. The molecule has 3 aromatic rings. The van der Waals surface area contributed by atoms with Gasteiger partial charge in [-0.05, 0) is 49.4 Å². The van der Waals surface area contributed by atoms with E-state index in [0.717, 1.165) is 0 Å². The van der Waals surface area contributed by atoms with Crippen LogP contribution in [-0.4, -0.2) is 28.6 Å². The van der Waals surface area contributed by atoms with E-state index in [4.69, 9.17) is 21.4 Å². The summed E-state index contributed by atoms with van der Waals surface area (Å²) >= 11 is 6.02. The standard InChI is InChI=1S/C19H15ClN2O4.ClH/c1-2-26-19(25)15-10-21-16-9-12(20)5-8-14(16)17(15)22-13-6-3-11(4-7-13)18(23)24;/h3-10H,2H2,1H3,(H,21,22)(H,23,24);1H. The topological polar surface area (TPSA) is 88.5 Å². The molecule has 2 N–H and O–H groups in total. The number of ether oxygens (including phenoxy) is 1. The fourth-order valence-electron chi connectivity index (χ4n) is 2.51. The van der Waals surface area contributed by atoms with Gasteiger partial charge in [0.05, 0.1) is 23.4 Å². The van der Waals surface area contributed by atoms with E-state index >= 15 is 0 Å². The zero-order valence-electron chi connectivity index (χ0n) is 14.2. The van der Waals surface area contributed by atoms with Crippen molar-refractivity contribution >= 4 is 58.2 Å². The lowest BCUT2D eigenvalue weighted by atomic mass is 10.1. The van der Waals surface area contributed by atoms with E-state index < -0.39 is 11.9 Å². The number of carbonyl (C=O) groups excluding carboxylic acids is 1. The van der Waals surface area contributed by atoms with Crippen LogP contribution in [0, 0.1) is 0 Å². The molecule has 0 aliphatic carbocycles. The molecule has 0 amide bonds. The van der Waals surface area contributed by atoms with E-state index in [0.29, 0.717) is 27.3 Å². The lowest BCUT2D eigenvalue weighted by Crippen LogP contribution is -2.09. The highest BCUT2D eigenvalue weighted by molar-refractivity contribution is 6.31. The lowest BCUT2D eigenvalue weighted by molar-refractivity contribution is 0.0526.